The average Bonchev–Trinajstić information content (AvgIpc) is 2.79. The van der Waals surface area contributed by atoms with Gasteiger partial charge < -0.3 is 5.11 Å². The Hall–Kier alpha value is -0.810. The molecule has 0 heterocycles. The molecule has 1 saturated carbocycles. The van der Waals surface area contributed by atoms with Crippen LogP contribution >= 0.6 is 0 Å². The Morgan fingerprint density at radius 2 is 2.27 bits per heavy atom. The quantitative estimate of drug-likeness (QED) is 0.368. The van der Waals surface area contributed by atoms with Gasteiger partial charge in [-0.1, -0.05) is 5.92 Å². The highest BCUT2D eigenvalue weighted by Crippen LogP contribution is 2.29. The van der Waals surface area contributed by atoms with Crippen LogP contribution in [0, 0.1) is 17.8 Å². The first-order valence-electron chi connectivity index (χ1n) is 3.98. The Morgan fingerprint density at radius 3 is 2.82 bits per heavy atom. The van der Waals surface area contributed by atoms with Gasteiger partial charge in [-0.15, -0.1) is 0 Å². The molecule has 0 aromatic rings. The minimum Gasteiger partial charge on any atom is -0.396 e. The third-order valence-electron chi connectivity index (χ3n) is 1.62. The molecule has 0 aromatic carbocycles. The van der Waals surface area contributed by atoms with Crippen molar-refractivity contribution in [3.05, 3.63) is 0 Å². The lowest BCUT2D eigenvalue weighted by molar-refractivity contribution is -0.114. The Bertz CT molecular complexity index is 193. The number of hydrogen-bond donors (Lipinski definition) is 1. The zero-order valence-electron chi connectivity index (χ0n) is 6.47. The smallest absolute Gasteiger partial charge is 0.208 e. The first-order chi connectivity index (χ1) is 5.34. The van der Waals surface area contributed by atoms with Crippen molar-refractivity contribution in [1.82, 2.24) is 0 Å². The van der Waals surface area contributed by atoms with Crippen molar-refractivity contribution in [1.29, 1.82) is 0 Å². The van der Waals surface area contributed by atoms with E-state index < -0.39 is 0 Å². The second-order valence-corrected chi connectivity index (χ2v) is 2.77. The van der Waals surface area contributed by atoms with E-state index in [1.807, 2.05) is 0 Å². The van der Waals surface area contributed by atoms with E-state index in [1.54, 1.807) is 0 Å². The van der Waals surface area contributed by atoms with Crippen molar-refractivity contribution in [2.24, 2.45) is 5.92 Å². The van der Waals surface area contributed by atoms with E-state index in [-0.39, 0.29) is 18.3 Å². The molecular weight excluding hydrogens is 140 g/mol. The normalized spacial score (nSPS) is 15.4. The molecule has 0 amide bonds. The molecule has 1 rings (SSSR count). The van der Waals surface area contributed by atoms with Crippen molar-refractivity contribution < 1.29 is 9.90 Å². The van der Waals surface area contributed by atoms with Crippen LogP contribution in [0.25, 0.3) is 0 Å². The van der Waals surface area contributed by atoms with Crippen LogP contribution in [0.15, 0.2) is 0 Å². The number of Topliss-reactive ketones (excluding diaryl/α,β-unsaturated/α-hetero) is 1. The third-order valence-corrected chi connectivity index (χ3v) is 1.62. The van der Waals surface area contributed by atoms with Crippen molar-refractivity contribution in [3.8, 4) is 11.8 Å². The maximum Gasteiger partial charge on any atom is 0.208 e. The molecule has 0 saturated heterocycles. The van der Waals surface area contributed by atoms with E-state index in [2.05, 4.69) is 11.8 Å². The zero-order valence-corrected chi connectivity index (χ0v) is 6.47. The van der Waals surface area contributed by atoms with Crippen LogP contribution in [0.5, 0.6) is 0 Å². The van der Waals surface area contributed by atoms with E-state index in [4.69, 9.17) is 5.11 Å². The van der Waals surface area contributed by atoms with Crippen LogP contribution in [0.3, 0.4) is 0 Å². The van der Waals surface area contributed by atoms with E-state index in [0.29, 0.717) is 12.8 Å². The minimum atomic E-state index is 0.0861. The topological polar surface area (TPSA) is 37.3 Å². The Kier molecular flexibility index (Phi) is 3.13. The number of ketones is 1. The summed E-state index contributed by atoms with van der Waals surface area (Å²) >= 11 is 0. The number of hydrogen-bond acceptors (Lipinski definition) is 2. The summed E-state index contributed by atoms with van der Waals surface area (Å²) < 4.78 is 0. The molecular formula is C9H12O2. The van der Waals surface area contributed by atoms with Gasteiger partial charge in [0.15, 0.2) is 0 Å². The first kappa shape index (κ1) is 8.29. The van der Waals surface area contributed by atoms with Crippen molar-refractivity contribution in [3.63, 3.8) is 0 Å². The predicted octanol–water partition coefficient (Wildman–Crippen LogP) is 0.741. The third kappa shape index (κ3) is 3.20. The van der Waals surface area contributed by atoms with Gasteiger partial charge in [0.05, 0.1) is 0 Å². The van der Waals surface area contributed by atoms with Gasteiger partial charge in [-0.2, -0.15) is 0 Å². The zero-order chi connectivity index (χ0) is 8.10. The average molecular weight is 152 g/mol. The molecule has 0 radical (unpaired) electrons. The second kappa shape index (κ2) is 4.15. The first-order valence-corrected chi connectivity index (χ1v) is 3.98. The summed E-state index contributed by atoms with van der Waals surface area (Å²) in [7, 11) is 0. The molecule has 0 spiro atoms. The molecule has 1 aliphatic rings. The highest BCUT2D eigenvalue weighted by atomic mass is 16.2. The Morgan fingerprint density at radius 1 is 1.55 bits per heavy atom. The van der Waals surface area contributed by atoms with Crippen molar-refractivity contribution >= 4 is 5.78 Å². The minimum absolute atomic E-state index is 0.0861. The fraction of sp³-hybridized carbons (Fsp3) is 0.667. The molecule has 0 unspecified atom stereocenters. The number of rotatable bonds is 3. The highest BCUT2D eigenvalue weighted by Gasteiger charge is 2.27. The predicted molar refractivity (Wildman–Crippen MR) is 41.8 cm³/mol. The maximum absolute atomic E-state index is 10.9. The van der Waals surface area contributed by atoms with Gasteiger partial charge in [0.2, 0.25) is 5.78 Å². The summed E-state index contributed by atoms with van der Waals surface area (Å²) in [6, 6.07) is 0. The lowest BCUT2D eigenvalue weighted by atomic mass is 10.2. The molecule has 0 bridgehead atoms. The number of aliphatic hydroxyl groups excluding tert-OH is 1. The van der Waals surface area contributed by atoms with Crippen molar-refractivity contribution in [2.75, 3.05) is 6.61 Å². The van der Waals surface area contributed by atoms with E-state index >= 15 is 0 Å². The fourth-order valence-electron chi connectivity index (χ4n) is 0.765. The van der Waals surface area contributed by atoms with E-state index in [1.165, 1.54) is 0 Å². The summed E-state index contributed by atoms with van der Waals surface area (Å²) in [6.45, 7) is 0.159. The molecule has 11 heavy (non-hydrogen) atoms. The monoisotopic (exact) mass is 152 g/mol. The summed E-state index contributed by atoms with van der Waals surface area (Å²) in [5.41, 5.74) is 0. The van der Waals surface area contributed by atoms with Crippen LogP contribution in [0.1, 0.15) is 25.7 Å². The Labute approximate surface area is 66.6 Å². The van der Waals surface area contributed by atoms with Crippen molar-refractivity contribution in [2.45, 2.75) is 25.7 Å². The second-order valence-electron chi connectivity index (χ2n) is 2.77. The molecule has 2 heteroatoms. The Balaban J connectivity index is 2.14. The van der Waals surface area contributed by atoms with Gasteiger partial charge >= 0.3 is 0 Å². The molecule has 0 aromatic heterocycles. The molecule has 0 aliphatic heterocycles. The molecule has 0 atom stereocenters. The fourth-order valence-corrected chi connectivity index (χ4v) is 0.765. The van der Waals surface area contributed by atoms with Crippen LogP contribution in [0.4, 0.5) is 0 Å². The van der Waals surface area contributed by atoms with Crippen LogP contribution < -0.4 is 0 Å². The van der Waals surface area contributed by atoms with Gasteiger partial charge in [-0.05, 0) is 25.2 Å². The SMILES string of the molecule is O=C(C#CCCCO)C1CC1. The summed E-state index contributed by atoms with van der Waals surface area (Å²) in [5.74, 6) is 5.66. The van der Waals surface area contributed by atoms with Crippen LogP contribution in [0.2, 0.25) is 0 Å². The lowest BCUT2D eigenvalue weighted by Crippen LogP contribution is -1.94. The standard InChI is InChI=1S/C9H12O2/c10-7-3-1-2-4-9(11)8-5-6-8/h8,10H,1,3,5-7H2. The van der Waals surface area contributed by atoms with Crippen LogP contribution in [-0.2, 0) is 4.79 Å². The molecule has 1 aliphatic carbocycles. The van der Waals surface area contributed by atoms with E-state index in [0.717, 1.165) is 12.8 Å². The maximum atomic E-state index is 10.9. The van der Waals surface area contributed by atoms with Crippen LogP contribution in [-0.4, -0.2) is 17.5 Å². The van der Waals surface area contributed by atoms with Gasteiger partial charge in [0.25, 0.3) is 0 Å². The summed E-state index contributed by atoms with van der Waals surface area (Å²) in [4.78, 5) is 10.9. The van der Waals surface area contributed by atoms with Gasteiger partial charge in [0, 0.05) is 18.9 Å². The molecule has 2 nitrogen and oxygen atoms in total. The highest BCUT2D eigenvalue weighted by molar-refractivity contribution is 5.98. The molecule has 1 N–H and O–H groups in total. The molecule has 1 fully saturated rings. The van der Waals surface area contributed by atoms with Gasteiger partial charge in [-0.25, -0.2) is 0 Å². The van der Waals surface area contributed by atoms with E-state index in [9.17, 15) is 4.79 Å². The number of unbranched alkanes of at least 4 members (excludes halogenated alkanes) is 1. The largest absolute Gasteiger partial charge is 0.396 e. The summed E-state index contributed by atoms with van der Waals surface area (Å²) in [5, 5.41) is 8.40. The molecule has 60 valence electrons. The van der Waals surface area contributed by atoms with Gasteiger partial charge in [0.1, 0.15) is 0 Å². The lowest BCUT2D eigenvalue weighted by Gasteiger charge is -1.84. The number of carbonyl (C=O) groups excluding carboxylic acids is 1. The van der Waals surface area contributed by atoms with Gasteiger partial charge in [-0.3, -0.25) is 4.79 Å². The number of carbonyl (C=O) groups is 1. The summed E-state index contributed by atoms with van der Waals surface area (Å²) in [6.07, 6.45) is 3.35. The number of aliphatic hydroxyl groups is 1.